The Morgan fingerprint density at radius 1 is 1.26 bits per heavy atom. The first-order valence-electron chi connectivity index (χ1n) is 8.30. The van der Waals surface area contributed by atoms with Crippen molar-refractivity contribution in [2.75, 3.05) is 18.1 Å². The van der Waals surface area contributed by atoms with Crippen molar-refractivity contribution in [1.29, 1.82) is 0 Å². The van der Waals surface area contributed by atoms with Gasteiger partial charge in [-0.05, 0) is 37.6 Å². The number of primary amides is 1. The predicted octanol–water partition coefficient (Wildman–Crippen LogP) is 1.75. The fraction of sp³-hybridized carbons (Fsp3) is 0.333. The predicted molar refractivity (Wildman–Crippen MR) is 93.5 cm³/mol. The molecule has 1 aromatic carbocycles. The number of esters is 1. The maximum atomic E-state index is 13.1. The van der Waals surface area contributed by atoms with Gasteiger partial charge in [-0.1, -0.05) is 12.1 Å². The lowest BCUT2D eigenvalue weighted by Gasteiger charge is -2.22. The highest BCUT2D eigenvalue weighted by Crippen LogP contribution is 2.18. The van der Waals surface area contributed by atoms with Crippen molar-refractivity contribution in [2.45, 2.75) is 26.7 Å². The molecule has 1 aromatic heterocycles. The molecule has 0 bridgehead atoms. The Balaban J connectivity index is 2.10. The van der Waals surface area contributed by atoms with Gasteiger partial charge in [0, 0.05) is 18.7 Å². The van der Waals surface area contributed by atoms with Gasteiger partial charge in [0.25, 0.3) is 5.91 Å². The highest BCUT2D eigenvalue weighted by atomic mass is 19.1. The summed E-state index contributed by atoms with van der Waals surface area (Å²) in [6.07, 6.45) is 0.373. The molecule has 144 valence electrons. The summed E-state index contributed by atoms with van der Waals surface area (Å²) in [6.45, 7) is 2.79. The fourth-order valence-electron chi connectivity index (χ4n) is 2.44. The smallest absolute Gasteiger partial charge is 0.344 e. The summed E-state index contributed by atoms with van der Waals surface area (Å²) in [5.41, 5.74) is 6.12. The van der Waals surface area contributed by atoms with E-state index in [9.17, 15) is 18.8 Å². The van der Waals surface area contributed by atoms with Crippen molar-refractivity contribution in [3.8, 4) is 0 Å². The Labute approximate surface area is 155 Å². The van der Waals surface area contributed by atoms with Crippen LogP contribution in [0.5, 0.6) is 0 Å². The molecular formula is C18H20FN3O5. The number of rotatable bonds is 8. The Morgan fingerprint density at radius 2 is 1.93 bits per heavy atom. The van der Waals surface area contributed by atoms with E-state index in [4.69, 9.17) is 15.0 Å². The van der Waals surface area contributed by atoms with Gasteiger partial charge in [-0.25, -0.2) is 9.18 Å². The van der Waals surface area contributed by atoms with Gasteiger partial charge in [-0.15, -0.1) is 0 Å². The first-order valence-corrected chi connectivity index (χ1v) is 8.30. The van der Waals surface area contributed by atoms with Gasteiger partial charge in [-0.3, -0.25) is 9.59 Å². The highest BCUT2D eigenvalue weighted by molar-refractivity contribution is 5.98. The zero-order valence-electron chi connectivity index (χ0n) is 15.0. The molecule has 0 aliphatic heterocycles. The average Bonchev–Trinajstić information content (AvgIpc) is 3.01. The molecule has 0 aliphatic carbocycles. The monoisotopic (exact) mass is 377 g/mol. The number of ether oxygens (including phenoxy) is 1. The van der Waals surface area contributed by atoms with E-state index in [2.05, 4.69) is 5.16 Å². The molecule has 2 N–H and O–H groups in total. The van der Waals surface area contributed by atoms with Gasteiger partial charge in [0.1, 0.15) is 17.1 Å². The van der Waals surface area contributed by atoms with E-state index in [0.29, 0.717) is 23.6 Å². The summed E-state index contributed by atoms with van der Waals surface area (Å²) in [6, 6.07) is 5.13. The number of anilines is 1. The molecule has 2 amide bonds. The Bertz CT molecular complexity index is 832. The molecule has 2 aromatic rings. The summed E-state index contributed by atoms with van der Waals surface area (Å²) in [4.78, 5) is 37.1. The second-order valence-corrected chi connectivity index (χ2v) is 5.73. The van der Waals surface area contributed by atoms with Crippen molar-refractivity contribution in [2.24, 2.45) is 5.73 Å². The number of nitrogens with two attached hydrogens (primary N) is 1. The van der Waals surface area contributed by atoms with Gasteiger partial charge in [0.05, 0.1) is 5.69 Å². The summed E-state index contributed by atoms with van der Waals surface area (Å²) in [5, 5.41) is 3.76. The van der Waals surface area contributed by atoms with Crippen LogP contribution < -0.4 is 10.6 Å². The van der Waals surface area contributed by atoms with Crippen LogP contribution in [0.2, 0.25) is 0 Å². The van der Waals surface area contributed by atoms with Crippen molar-refractivity contribution in [3.05, 3.63) is 47.1 Å². The number of hydrogen-bond acceptors (Lipinski definition) is 6. The third-order valence-corrected chi connectivity index (χ3v) is 3.82. The van der Waals surface area contributed by atoms with Crippen LogP contribution >= 0.6 is 0 Å². The molecule has 0 saturated heterocycles. The second kappa shape index (κ2) is 8.93. The van der Waals surface area contributed by atoms with Crippen molar-refractivity contribution in [1.82, 2.24) is 5.16 Å². The van der Waals surface area contributed by atoms with Gasteiger partial charge in [-0.2, -0.15) is 0 Å². The summed E-state index contributed by atoms with van der Waals surface area (Å²) in [7, 11) is 0. The molecule has 1 heterocycles. The van der Waals surface area contributed by atoms with Crippen molar-refractivity contribution >= 4 is 23.5 Å². The number of carbonyl (C=O) groups is 3. The van der Waals surface area contributed by atoms with Crippen LogP contribution in [-0.2, 0) is 20.7 Å². The number of nitrogens with zero attached hydrogens (tertiary/aromatic N) is 2. The highest BCUT2D eigenvalue weighted by Gasteiger charge is 2.23. The fourth-order valence-corrected chi connectivity index (χ4v) is 2.44. The van der Waals surface area contributed by atoms with E-state index in [1.54, 1.807) is 13.8 Å². The molecule has 0 saturated carbocycles. The molecule has 9 heteroatoms. The number of amides is 2. The van der Waals surface area contributed by atoms with Gasteiger partial charge in [0.2, 0.25) is 5.91 Å². The molecule has 0 unspecified atom stereocenters. The molecule has 2 rings (SSSR count). The number of aryl methyl sites for hydroxylation is 2. The van der Waals surface area contributed by atoms with Crippen LogP contribution in [0.15, 0.2) is 28.8 Å². The lowest BCUT2D eigenvalue weighted by Crippen LogP contribution is -2.37. The number of aromatic nitrogens is 1. The number of halogens is 1. The summed E-state index contributed by atoms with van der Waals surface area (Å²) in [5.74, 6) is -2.08. The topological polar surface area (TPSA) is 116 Å². The van der Waals surface area contributed by atoms with Crippen molar-refractivity contribution < 1.29 is 28.0 Å². The van der Waals surface area contributed by atoms with Crippen LogP contribution in [0.3, 0.4) is 0 Å². The van der Waals surface area contributed by atoms with Gasteiger partial charge >= 0.3 is 5.97 Å². The lowest BCUT2D eigenvalue weighted by atomic mass is 10.1. The maximum Gasteiger partial charge on any atom is 0.344 e. The molecule has 8 nitrogen and oxygen atoms in total. The molecule has 0 fully saturated rings. The van der Waals surface area contributed by atoms with Gasteiger partial charge < -0.3 is 19.9 Å². The van der Waals surface area contributed by atoms with E-state index in [1.807, 2.05) is 0 Å². The number of carbonyl (C=O) groups excluding carboxylic acids is 3. The average molecular weight is 377 g/mol. The lowest BCUT2D eigenvalue weighted by molar-refractivity contribution is -0.121. The molecular weight excluding hydrogens is 357 g/mol. The van der Waals surface area contributed by atoms with E-state index in [1.165, 1.54) is 29.2 Å². The minimum Gasteiger partial charge on any atom is -0.452 e. The molecule has 0 aliphatic rings. The third-order valence-electron chi connectivity index (χ3n) is 3.82. The van der Waals surface area contributed by atoms with Crippen LogP contribution in [0.4, 0.5) is 10.1 Å². The van der Waals surface area contributed by atoms with Crippen LogP contribution in [0.1, 0.15) is 35.2 Å². The standard InChI is InChI=1S/C18H20FN3O5/c1-3-14-17(11(2)27-21-14)18(25)26-10-16(24)22(9-8-15(20)23)13-6-4-12(19)5-7-13/h4-7H,3,8-10H2,1-2H3,(H2,20,23). The normalized spacial score (nSPS) is 10.5. The summed E-state index contributed by atoms with van der Waals surface area (Å²) < 4.78 is 23.2. The Hall–Kier alpha value is -3.23. The van der Waals surface area contributed by atoms with E-state index in [0.717, 1.165) is 0 Å². The minimum absolute atomic E-state index is 0.0240. The van der Waals surface area contributed by atoms with Crippen LogP contribution in [0, 0.1) is 12.7 Å². The quantitative estimate of drug-likeness (QED) is 0.701. The molecule has 0 atom stereocenters. The first-order chi connectivity index (χ1) is 12.8. The zero-order valence-corrected chi connectivity index (χ0v) is 15.0. The second-order valence-electron chi connectivity index (χ2n) is 5.73. The SMILES string of the molecule is CCc1noc(C)c1C(=O)OCC(=O)N(CCC(N)=O)c1ccc(F)cc1. The van der Waals surface area contributed by atoms with E-state index < -0.39 is 30.2 Å². The maximum absolute atomic E-state index is 13.1. The van der Waals surface area contributed by atoms with Gasteiger partial charge in [0.15, 0.2) is 6.61 Å². The third kappa shape index (κ3) is 5.13. The molecule has 0 radical (unpaired) electrons. The number of benzene rings is 1. The zero-order chi connectivity index (χ0) is 20.0. The molecule has 0 spiro atoms. The van der Waals surface area contributed by atoms with Crippen molar-refractivity contribution in [3.63, 3.8) is 0 Å². The molecule has 27 heavy (non-hydrogen) atoms. The Kier molecular flexibility index (Phi) is 6.64. The van der Waals surface area contributed by atoms with E-state index in [-0.39, 0.29) is 18.5 Å². The Morgan fingerprint density at radius 3 is 2.52 bits per heavy atom. The number of hydrogen-bond donors (Lipinski definition) is 1. The first kappa shape index (κ1) is 20.1. The van der Waals surface area contributed by atoms with Crippen LogP contribution in [-0.4, -0.2) is 36.1 Å². The summed E-state index contributed by atoms with van der Waals surface area (Å²) >= 11 is 0. The van der Waals surface area contributed by atoms with E-state index >= 15 is 0 Å². The largest absolute Gasteiger partial charge is 0.452 e. The van der Waals surface area contributed by atoms with Crippen LogP contribution in [0.25, 0.3) is 0 Å². The minimum atomic E-state index is -0.729.